The van der Waals surface area contributed by atoms with Crippen LogP contribution in [0.5, 0.6) is 0 Å². The molecule has 0 unspecified atom stereocenters. The fraction of sp³-hybridized carbons (Fsp3) is 0.308. The molecule has 0 spiro atoms. The zero-order valence-corrected chi connectivity index (χ0v) is 14.3. The molecule has 2 aromatic rings. The number of anilines is 1. The molecule has 1 heterocycles. The quantitative estimate of drug-likeness (QED) is 0.900. The summed E-state index contributed by atoms with van der Waals surface area (Å²) in [6.07, 6.45) is 3.94. The lowest BCUT2D eigenvalue weighted by molar-refractivity contribution is 0.598. The number of aromatic nitrogens is 2. The van der Waals surface area contributed by atoms with Gasteiger partial charge in [0, 0.05) is 19.5 Å². The second-order valence-corrected chi connectivity index (χ2v) is 8.80. The van der Waals surface area contributed by atoms with Crippen molar-refractivity contribution in [1.82, 2.24) is 9.78 Å². The predicted octanol–water partition coefficient (Wildman–Crippen LogP) is 1.24. The number of rotatable bonds is 4. The Bertz CT molecular complexity index is 928. The Kier molecular flexibility index (Phi) is 4.05. The molecule has 0 amide bonds. The molecular formula is C13H17N3O4S2. The number of benzene rings is 1. The van der Waals surface area contributed by atoms with Crippen molar-refractivity contribution in [2.75, 3.05) is 11.0 Å². The molecule has 0 saturated heterocycles. The molecule has 0 atom stereocenters. The Morgan fingerprint density at radius 3 is 2.18 bits per heavy atom. The first-order chi connectivity index (χ1) is 10.0. The molecule has 0 bridgehead atoms. The molecule has 0 aliphatic heterocycles. The van der Waals surface area contributed by atoms with Crippen molar-refractivity contribution in [1.29, 1.82) is 0 Å². The standard InChI is InChI=1S/C13H17N3O4S2/c1-9-5-12(21(4,17)18)10(2)13(6-9)22(19,20)15-11-7-14-16(3)8-11/h5-8,15H,1-4H3. The second kappa shape index (κ2) is 5.40. The van der Waals surface area contributed by atoms with E-state index < -0.39 is 19.9 Å². The lowest BCUT2D eigenvalue weighted by Crippen LogP contribution is -2.16. The summed E-state index contributed by atoms with van der Waals surface area (Å²) in [7, 11) is -5.76. The maximum absolute atomic E-state index is 12.5. The van der Waals surface area contributed by atoms with Crippen LogP contribution in [0.1, 0.15) is 11.1 Å². The molecule has 0 aliphatic carbocycles. The van der Waals surface area contributed by atoms with Crippen molar-refractivity contribution < 1.29 is 16.8 Å². The van der Waals surface area contributed by atoms with Gasteiger partial charge < -0.3 is 0 Å². The SMILES string of the molecule is Cc1cc(S(C)(=O)=O)c(C)c(S(=O)(=O)Nc2cnn(C)c2)c1. The molecular weight excluding hydrogens is 326 g/mol. The van der Waals surface area contributed by atoms with E-state index in [9.17, 15) is 16.8 Å². The van der Waals surface area contributed by atoms with Crippen LogP contribution in [-0.4, -0.2) is 32.9 Å². The van der Waals surface area contributed by atoms with E-state index in [0.29, 0.717) is 11.3 Å². The van der Waals surface area contributed by atoms with Crippen LogP contribution in [0.2, 0.25) is 0 Å². The topological polar surface area (TPSA) is 98.1 Å². The van der Waals surface area contributed by atoms with E-state index in [1.807, 2.05) is 0 Å². The summed E-state index contributed by atoms with van der Waals surface area (Å²) in [6, 6.07) is 2.91. The number of sulfone groups is 1. The van der Waals surface area contributed by atoms with E-state index in [-0.39, 0.29) is 15.4 Å². The number of nitrogens with one attached hydrogen (secondary N) is 1. The van der Waals surface area contributed by atoms with Crippen molar-refractivity contribution in [3.63, 3.8) is 0 Å². The number of hydrogen-bond acceptors (Lipinski definition) is 5. The van der Waals surface area contributed by atoms with Crippen molar-refractivity contribution in [3.8, 4) is 0 Å². The fourth-order valence-corrected chi connectivity index (χ4v) is 4.65. The summed E-state index contributed by atoms with van der Waals surface area (Å²) in [5.74, 6) is 0. The number of hydrogen-bond donors (Lipinski definition) is 1. The molecule has 1 aromatic heterocycles. The van der Waals surface area contributed by atoms with Gasteiger partial charge in [-0.05, 0) is 37.1 Å². The molecule has 120 valence electrons. The summed E-state index contributed by atoms with van der Waals surface area (Å²) in [5, 5.41) is 3.89. The van der Waals surface area contributed by atoms with Gasteiger partial charge in [-0.2, -0.15) is 5.10 Å². The Hall–Kier alpha value is -1.87. The van der Waals surface area contributed by atoms with E-state index in [4.69, 9.17) is 0 Å². The third-order valence-electron chi connectivity index (χ3n) is 3.10. The van der Waals surface area contributed by atoms with Crippen LogP contribution in [-0.2, 0) is 26.9 Å². The second-order valence-electron chi connectivity index (χ2n) is 5.17. The minimum atomic E-state index is -3.90. The van der Waals surface area contributed by atoms with E-state index in [1.165, 1.54) is 36.1 Å². The van der Waals surface area contributed by atoms with Crippen LogP contribution in [0.25, 0.3) is 0 Å². The zero-order chi connectivity index (χ0) is 16.7. The molecule has 7 nitrogen and oxygen atoms in total. The molecule has 2 rings (SSSR count). The molecule has 1 N–H and O–H groups in total. The minimum absolute atomic E-state index is 0.0130. The fourth-order valence-electron chi connectivity index (χ4n) is 2.14. The molecule has 0 aliphatic rings. The summed E-state index contributed by atoms with van der Waals surface area (Å²) < 4.78 is 52.5. The Labute approximate surface area is 129 Å². The molecule has 9 heteroatoms. The minimum Gasteiger partial charge on any atom is -0.276 e. The van der Waals surface area contributed by atoms with E-state index in [2.05, 4.69) is 9.82 Å². The van der Waals surface area contributed by atoms with Crippen molar-refractivity contribution in [2.24, 2.45) is 7.05 Å². The average molecular weight is 343 g/mol. The molecule has 0 radical (unpaired) electrons. The van der Waals surface area contributed by atoms with Gasteiger partial charge in [0.1, 0.15) is 0 Å². The van der Waals surface area contributed by atoms with Crippen LogP contribution >= 0.6 is 0 Å². The lowest BCUT2D eigenvalue weighted by Gasteiger charge is -2.13. The van der Waals surface area contributed by atoms with E-state index >= 15 is 0 Å². The first-order valence-electron chi connectivity index (χ1n) is 6.33. The van der Waals surface area contributed by atoms with Crippen LogP contribution in [0.4, 0.5) is 5.69 Å². The summed E-state index contributed by atoms with van der Waals surface area (Å²) in [5.41, 5.74) is 1.06. The van der Waals surface area contributed by atoms with Gasteiger partial charge in [-0.3, -0.25) is 9.40 Å². The maximum atomic E-state index is 12.5. The van der Waals surface area contributed by atoms with Gasteiger partial charge >= 0.3 is 0 Å². The van der Waals surface area contributed by atoms with Gasteiger partial charge in [0.05, 0.1) is 21.7 Å². The third kappa shape index (κ3) is 3.30. The molecule has 0 saturated carbocycles. The first kappa shape index (κ1) is 16.5. The smallest absolute Gasteiger partial charge is 0.262 e. The highest BCUT2D eigenvalue weighted by Gasteiger charge is 2.23. The van der Waals surface area contributed by atoms with Crippen molar-refractivity contribution in [3.05, 3.63) is 35.7 Å². The van der Waals surface area contributed by atoms with Gasteiger partial charge in [-0.25, -0.2) is 16.8 Å². The summed E-state index contributed by atoms with van der Waals surface area (Å²) in [6.45, 7) is 3.13. The van der Waals surface area contributed by atoms with Crippen LogP contribution in [0, 0.1) is 13.8 Å². The van der Waals surface area contributed by atoms with Gasteiger partial charge in [0.25, 0.3) is 10.0 Å². The van der Waals surface area contributed by atoms with E-state index in [1.54, 1.807) is 14.0 Å². The molecule has 1 aromatic carbocycles. The number of sulfonamides is 1. The summed E-state index contributed by atoms with van der Waals surface area (Å²) in [4.78, 5) is -0.0455. The highest BCUT2D eigenvalue weighted by molar-refractivity contribution is 7.93. The lowest BCUT2D eigenvalue weighted by atomic mass is 10.2. The Morgan fingerprint density at radius 1 is 1.09 bits per heavy atom. The highest BCUT2D eigenvalue weighted by Crippen LogP contribution is 2.26. The molecule has 0 fully saturated rings. The van der Waals surface area contributed by atoms with Gasteiger partial charge in [-0.15, -0.1) is 0 Å². The summed E-state index contributed by atoms with van der Waals surface area (Å²) >= 11 is 0. The van der Waals surface area contributed by atoms with Gasteiger partial charge in [0.2, 0.25) is 0 Å². The first-order valence-corrected chi connectivity index (χ1v) is 9.71. The molecule has 22 heavy (non-hydrogen) atoms. The van der Waals surface area contributed by atoms with Crippen molar-refractivity contribution >= 4 is 25.5 Å². The van der Waals surface area contributed by atoms with Crippen LogP contribution in [0.15, 0.2) is 34.3 Å². The number of aryl methyl sites for hydroxylation is 2. The highest BCUT2D eigenvalue weighted by atomic mass is 32.2. The van der Waals surface area contributed by atoms with Crippen LogP contribution < -0.4 is 4.72 Å². The largest absolute Gasteiger partial charge is 0.276 e. The normalized spacial score (nSPS) is 12.4. The van der Waals surface area contributed by atoms with Crippen LogP contribution in [0.3, 0.4) is 0 Å². The van der Waals surface area contributed by atoms with Gasteiger partial charge in [0.15, 0.2) is 9.84 Å². The van der Waals surface area contributed by atoms with Gasteiger partial charge in [-0.1, -0.05) is 0 Å². The average Bonchev–Trinajstić information content (AvgIpc) is 2.75. The third-order valence-corrected chi connectivity index (χ3v) is 5.83. The predicted molar refractivity (Wildman–Crippen MR) is 83.0 cm³/mol. The monoisotopic (exact) mass is 343 g/mol. The van der Waals surface area contributed by atoms with Crippen molar-refractivity contribution in [2.45, 2.75) is 23.6 Å². The zero-order valence-electron chi connectivity index (χ0n) is 12.7. The number of nitrogens with zero attached hydrogens (tertiary/aromatic N) is 2. The Balaban J connectivity index is 2.58. The maximum Gasteiger partial charge on any atom is 0.262 e. The van der Waals surface area contributed by atoms with E-state index in [0.717, 1.165) is 6.26 Å². The Morgan fingerprint density at radius 2 is 1.68 bits per heavy atom.